The summed E-state index contributed by atoms with van der Waals surface area (Å²) in [5.41, 5.74) is 5.75. The minimum absolute atomic E-state index is 0.0277. The Kier molecular flexibility index (Phi) is 10.6. The summed E-state index contributed by atoms with van der Waals surface area (Å²) >= 11 is 0. The monoisotopic (exact) mass is 584 g/mol. The number of carbonyl (C=O) groups is 2. The Labute approximate surface area is 245 Å². The van der Waals surface area contributed by atoms with Gasteiger partial charge in [-0.3, -0.25) is 9.59 Å². The molecule has 9 nitrogen and oxygen atoms in total. The van der Waals surface area contributed by atoms with Crippen molar-refractivity contribution in [3.8, 4) is 5.75 Å². The first-order chi connectivity index (χ1) is 20.3. The average molecular weight is 585 g/mol. The maximum absolute atomic E-state index is 13.4. The summed E-state index contributed by atoms with van der Waals surface area (Å²) in [5.74, 6) is -0.318. The highest BCUT2D eigenvalue weighted by Gasteiger charge is 2.26. The predicted octanol–water partition coefficient (Wildman–Crippen LogP) is 4.03. The van der Waals surface area contributed by atoms with Gasteiger partial charge >= 0.3 is 0 Å². The summed E-state index contributed by atoms with van der Waals surface area (Å²) in [6.07, 6.45) is 1.43. The second kappa shape index (κ2) is 14.7. The van der Waals surface area contributed by atoms with Crippen molar-refractivity contribution >= 4 is 28.1 Å². The fourth-order valence-electron chi connectivity index (χ4n) is 3.89. The van der Waals surface area contributed by atoms with E-state index in [1.165, 1.54) is 18.3 Å². The number of benzene rings is 4. The van der Waals surface area contributed by atoms with Crippen LogP contribution >= 0.6 is 0 Å². The minimum Gasteiger partial charge on any atom is -0.484 e. The first-order valence-corrected chi connectivity index (χ1v) is 14.7. The molecule has 4 aromatic rings. The standard InChI is InChI=1S/C32H32N4O5S/c1-25-12-18-30(19-13-25)42(39,40)36(22-28-10-6-3-7-11-28)23-31(37)35-34-21-27-14-16-29(17-15-27)41-24-32(38)33-20-26-8-4-2-5-9-26/h2-19,21H,20,22-24H2,1H3,(H,33,38)(H,35,37)/b34-21+. The van der Waals surface area contributed by atoms with E-state index in [0.717, 1.165) is 21.0 Å². The Morgan fingerprint density at radius 1 is 0.810 bits per heavy atom. The van der Waals surface area contributed by atoms with E-state index >= 15 is 0 Å². The number of amides is 2. The van der Waals surface area contributed by atoms with Crippen molar-refractivity contribution in [3.05, 3.63) is 131 Å². The topological polar surface area (TPSA) is 117 Å². The molecule has 2 N–H and O–H groups in total. The van der Waals surface area contributed by atoms with Crippen molar-refractivity contribution in [2.75, 3.05) is 13.2 Å². The second-order valence-corrected chi connectivity index (χ2v) is 11.4. The van der Waals surface area contributed by atoms with E-state index in [1.807, 2.05) is 55.5 Å². The van der Waals surface area contributed by atoms with Gasteiger partial charge < -0.3 is 10.1 Å². The van der Waals surface area contributed by atoms with E-state index in [1.54, 1.807) is 48.5 Å². The molecular weight excluding hydrogens is 552 g/mol. The molecule has 216 valence electrons. The first-order valence-electron chi connectivity index (χ1n) is 13.3. The Morgan fingerprint density at radius 2 is 1.43 bits per heavy atom. The third kappa shape index (κ3) is 9.12. The summed E-state index contributed by atoms with van der Waals surface area (Å²) in [5, 5.41) is 6.77. The first kappa shape index (κ1) is 30.2. The van der Waals surface area contributed by atoms with Crippen LogP contribution in [0.3, 0.4) is 0 Å². The van der Waals surface area contributed by atoms with Crippen molar-refractivity contribution in [3.63, 3.8) is 0 Å². The van der Waals surface area contributed by atoms with E-state index < -0.39 is 22.5 Å². The normalized spacial score (nSPS) is 11.4. The summed E-state index contributed by atoms with van der Waals surface area (Å²) in [6, 6.07) is 32.0. The van der Waals surface area contributed by atoms with E-state index in [9.17, 15) is 18.0 Å². The van der Waals surface area contributed by atoms with Crippen LogP contribution in [0.1, 0.15) is 22.3 Å². The fraction of sp³-hybridized carbons (Fsp3) is 0.156. The molecule has 10 heteroatoms. The van der Waals surface area contributed by atoms with Crippen LogP contribution in [0.25, 0.3) is 0 Å². The highest BCUT2D eigenvalue weighted by molar-refractivity contribution is 7.89. The zero-order valence-corrected chi connectivity index (χ0v) is 24.0. The van der Waals surface area contributed by atoms with Gasteiger partial charge in [0.1, 0.15) is 5.75 Å². The highest BCUT2D eigenvalue weighted by Crippen LogP contribution is 2.19. The Bertz CT molecular complexity index is 1590. The number of rotatable bonds is 13. The Hall–Kier alpha value is -4.80. The molecule has 42 heavy (non-hydrogen) atoms. The zero-order valence-electron chi connectivity index (χ0n) is 23.1. The largest absolute Gasteiger partial charge is 0.484 e. The number of hydrogen-bond donors (Lipinski definition) is 2. The lowest BCUT2D eigenvalue weighted by Crippen LogP contribution is -2.39. The number of sulfonamides is 1. The molecule has 0 aliphatic rings. The number of ether oxygens (including phenoxy) is 1. The van der Waals surface area contributed by atoms with Crippen molar-refractivity contribution < 1.29 is 22.7 Å². The van der Waals surface area contributed by atoms with E-state index in [4.69, 9.17) is 4.74 Å². The summed E-state index contributed by atoms with van der Waals surface area (Å²) in [6.45, 7) is 1.78. The zero-order chi connectivity index (χ0) is 29.8. The van der Waals surface area contributed by atoms with Gasteiger partial charge in [-0.1, -0.05) is 78.4 Å². The quantitative estimate of drug-likeness (QED) is 0.182. The lowest BCUT2D eigenvalue weighted by molar-refractivity contribution is -0.123. The molecule has 4 rings (SSSR count). The Balaban J connectivity index is 1.30. The van der Waals surface area contributed by atoms with Crippen LogP contribution in [0.2, 0.25) is 0 Å². The molecule has 0 saturated carbocycles. The highest BCUT2D eigenvalue weighted by atomic mass is 32.2. The fourth-order valence-corrected chi connectivity index (χ4v) is 5.28. The van der Waals surface area contributed by atoms with Gasteiger partial charge in [0, 0.05) is 13.1 Å². The lowest BCUT2D eigenvalue weighted by atomic mass is 10.2. The van der Waals surface area contributed by atoms with Crippen LogP contribution in [0.5, 0.6) is 5.75 Å². The van der Waals surface area contributed by atoms with Crippen LogP contribution in [0, 0.1) is 6.92 Å². The molecule has 0 aromatic heterocycles. The van der Waals surface area contributed by atoms with Gasteiger partial charge in [0.05, 0.1) is 17.7 Å². The van der Waals surface area contributed by atoms with Gasteiger partial charge in [0.15, 0.2) is 6.61 Å². The van der Waals surface area contributed by atoms with Gasteiger partial charge in [-0.05, 0) is 60.0 Å². The molecule has 0 unspecified atom stereocenters. The van der Waals surface area contributed by atoms with Crippen molar-refractivity contribution in [1.29, 1.82) is 0 Å². The van der Waals surface area contributed by atoms with Crippen LogP contribution in [-0.2, 0) is 32.7 Å². The van der Waals surface area contributed by atoms with Crippen LogP contribution in [0.15, 0.2) is 119 Å². The van der Waals surface area contributed by atoms with E-state index in [2.05, 4.69) is 15.8 Å². The molecule has 0 saturated heterocycles. The molecule has 4 aromatic carbocycles. The molecule has 0 fully saturated rings. The summed E-state index contributed by atoms with van der Waals surface area (Å²) < 4.78 is 33.4. The van der Waals surface area contributed by atoms with Crippen LogP contribution < -0.4 is 15.5 Å². The van der Waals surface area contributed by atoms with Crippen LogP contribution in [0.4, 0.5) is 0 Å². The van der Waals surface area contributed by atoms with Crippen molar-refractivity contribution in [2.45, 2.75) is 24.9 Å². The number of nitrogens with zero attached hydrogens (tertiary/aromatic N) is 2. The third-order valence-corrected chi connectivity index (χ3v) is 7.97. The smallest absolute Gasteiger partial charge is 0.258 e. The SMILES string of the molecule is Cc1ccc(S(=O)(=O)N(CC(=O)N/N=C/c2ccc(OCC(=O)NCc3ccccc3)cc2)Cc2ccccc2)cc1. The maximum Gasteiger partial charge on any atom is 0.258 e. The number of aryl methyl sites for hydroxylation is 1. The number of nitrogens with one attached hydrogen (secondary N) is 2. The van der Waals surface area contributed by atoms with Crippen molar-refractivity contribution in [1.82, 2.24) is 15.0 Å². The molecule has 0 radical (unpaired) electrons. The molecule has 0 spiro atoms. The Morgan fingerprint density at radius 3 is 2.07 bits per heavy atom. The molecular formula is C32H32N4O5S. The molecule has 0 bridgehead atoms. The lowest BCUT2D eigenvalue weighted by Gasteiger charge is -2.21. The summed E-state index contributed by atoms with van der Waals surface area (Å²) in [7, 11) is -3.94. The number of hydrogen-bond acceptors (Lipinski definition) is 6. The molecule has 2 amide bonds. The van der Waals surface area contributed by atoms with Gasteiger partial charge in [-0.2, -0.15) is 9.41 Å². The third-order valence-electron chi connectivity index (χ3n) is 6.17. The van der Waals surface area contributed by atoms with Gasteiger partial charge in [-0.25, -0.2) is 13.8 Å². The number of carbonyl (C=O) groups excluding carboxylic acids is 2. The second-order valence-electron chi connectivity index (χ2n) is 9.48. The van der Waals surface area contributed by atoms with Crippen molar-refractivity contribution in [2.24, 2.45) is 5.10 Å². The molecule has 0 aliphatic carbocycles. The van der Waals surface area contributed by atoms with Crippen LogP contribution in [-0.4, -0.2) is 43.9 Å². The van der Waals surface area contributed by atoms with Gasteiger partial charge in [0.25, 0.3) is 11.8 Å². The minimum atomic E-state index is -3.94. The number of hydrazone groups is 1. The molecule has 0 atom stereocenters. The van der Waals surface area contributed by atoms with Gasteiger partial charge in [0.2, 0.25) is 10.0 Å². The maximum atomic E-state index is 13.4. The molecule has 0 heterocycles. The van der Waals surface area contributed by atoms with E-state index in [-0.39, 0.29) is 24.0 Å². The average Bonchev–Trinajstić information content (AvgIpc) is 3.00. The predicted molar refractivity (Wildman–Crippen MR) is 161 cm³/mol. The van der Waals surface area contributed by atoms with Gasteiger partial charge in [-0.15, -0.1) is 0 Å². The van der Waals surface area contributed by atoms with E-state index in [0.29, 0.717) is 17.9 Å². The summed E-state index contributed by atoms with van der Waals surface area (Å²) in [4.78, 5) is 24.9. The molecule has 0 aliphatic heterocycles.